The Balaban J connectivity index is 2.35. The molecule has 1 aliphatic rings. The number of hydrogen-bond donors (Lipinski definition) is 2. The highest BCUT2D eigenvalue weighted by molar-refractivity contribution is 5.82. The minimum atomic E-state index is -0.963. The van der Waals surface area contributed by atoms with Gasteiger partial charge in [-0.2, -0.15) is 0 Å². The number of urea groups is 1. The third-order valence-electron chi connectivity index (χ3n) is 3.70. The SMILES string of the molecule is CCCC(NC(=O)N1CCN(CCN(C)C)CC1)C(=O)O. The van der Waals surface area contributed by atoms with Gasteiger partial charge in [0.1, 0.15) is 6.04 Å². The molecule has 0 aromatic heterocycles. The van der Waals surface area contributed by atoms with E-state index in [-0.39, 0.29) is 6.03 Å². The molecule has 7 heteroatoms. The van der Waals surface area contributed by atoms with Crippen molar-refractivity contribution in [1.82, 2.24) is 20.0 Å². The van der Waals surface area contributed by atoms with Gasteiger partial charge >= 0.3 is 12.0 Å². The molecule has 2 amide bonds. The van der Waals surface area contributed by atoms with E-state index in [0.717, 1.165) is 32.6 Å². The Morgan fingerprint density at radius 1 is 1.24 bits per heavy atom. The number of hydrogen-bond acceptors (Lipinski definition) is 4. The van der Waals surface area contributed by atoms with E-state index in [1.807, 2.05) is 21.0 Å². The van der Waals surface area contributed by atoms with Crippen LogP contribution in [0.4, 0.5) is 4.79 Å². The Kier molecular flexibility index (Phi) is 7.45. The number of carboxylic acids is 1. The minimum absolute atomic E-state index is 0.261. The van der Waals surface area contributed by atoms with Gasteiger partial charge in [0, 0.05) is 39.3 Å². The predicted octanol–water partition coefficient (Wildman–Crippen LogP) is 0.129. The van der Waals surface area contributed by atoms with Crippen molar-refractivity contribution in [1.29, 1.82) is 0 Å². The first-order valence-corrected chi connectivity index (χ1v) is 7.59. The van der Waals surface area contributed by atoms with Gasteiger partial charge in [0.05, 0.1) is 0 Å². The zero-order valence-corrected chi connectivity index (χ0v) is 13.3. The maximum absolute atomic E-state index is 12.1. The molecule has 0 aromatic carbocycles. The van der Waals surface area contributed by atoms with Gasteiger partial charge in [0.2, 0.25) is 0 Å². The van der Waals surface area contributed by atoms with Crippen LogP contribution in [0.5, 0.6) is 0 Å². The second-order valence-corrected chi connectivity index (χ2v) is 5.76. The molecule has 1 unspecified atom stereocenters. The molecule has 1 fully saturated rings. The van der Waals surface area contributed by atoms with Crippen LogP contribution in [0.15, 0.2) is 0 Å². The van der Waals surface area contributed by atoms with Crippen molar-refractivity contribution in [2.75, 3.05) is 53.4 Å². The first-order valence-electron chi connectivity index (χ1n) is 7.59. The van der Waals surface area contributed by atoms with Gasteiger partial charge in [-0.25, -0.2) is 9.59 Å². The average Bonchev–Trinajstić information content (AvgIpc) is 2.45. The summed E-state index contributed by atoms with van der Waals surface area (Å²) in [5, 5.41) is 11.7. The summed E-state index contributed by atoms with van der Waals surface area (Å²) in [6, 6.07) is -1.04. The highest BCUT2D eigenvalue weighted by Gasteiger charge is 2.25. The normalized spacial score (nSPS) is 17.8. The number of nitrogens with zero attached hydrogens (tertiary/aromatic N) is 3. The molecule has 0 radical (unpaired) electrons. The van der Waals surface area contributed by atoms with E-state index in [2.05, 4.69) is 15.1 Å². The van der Waals surface area contributed by atoms with Crippen molar-refractivity contribution < 1.29 is 14.7 Å². The summed E-state index contributed by atoms with van der Waals surface area (Å²) in [6.45, 7) is 6.89. The van der Waals surface area contributed by atoms with Crippen molar-refractivity contribution in [3.8, 4) is 0 Å². The Morgan fingerprint density at radius 2 is 1.86 bits per heavy atom. The van der Waals surface area contributed by atoms with Crippen molar-refractivity contribution in [3.05, 3.63) is 0 Å². The molecule has 1 atom stereocenters. The molecule has 1 aliphatic heterocycles. The Morgan fingerprint density at radius 3 is 2.33 bits per heavy atom. The van der Waals surface area contributed by atoms with Crippen molar-refractivity contribution in [2.24, 2.45) is 0 Å². The lowest BCUT2D eigenvalue weighted by Gasteiger charge is -2.35. The first kappa shape index (κ1) is 17.7. The molecule has 1 saturated heterocycles. The van der Waals surface area contributed by atoms with E-state index < -0.39 is 12.0 Å². The summed E-state index contributed by atoms with van der Waals surface area (Å²) in [5.41, 5.74) is 0. The summed E-state index contributed by atoms with van der Waals surface area (Å²) >= 11 is 0. The van der Waals surface area contributed by atoms with Crippen LogP contribution in [0.2, 0.25) is 0 Å². The molecule has 1 rings (SSSR count). The molecular formula is C14H28N4O3. The van der Waals surface area contributed by atoms with Gasteiger partial charge < -0.3 is 20.2 Å². The van der Waals surface area contributed by atoms with E-state index in [9.17, 15) is 9.59 Å². The molecule has 0 aromatic rings. The smallest absolute Gasteiger partial charge is 0.326 e. The average molecular weight is 300 g/mol. The molecule has 0 spiro atoms. The van der Waals surface area contributed by atoms with Crippen molar-refractivity contribution in [3.63, 3.8) is 0 Å². The largest absolute Gasteiger partial charge is 0.480 e. The summed E-state index contributed by atoms with van der Waals surface area (Å²) in [7, 11) is 4.09. The van der Waals surface area contributed by atoms with Gasteiger partial charge in [-0.1, -0.05) is 13.3 Å². The molecule has 0 bridgehead atoms. The van der Waals surface area contributed by atoms with E-state index >= 15 is 0 Å². The summed E-state index contributed by atoms with van der Waals surface area (Å²) in [6.07, 6.45) is 1.19. The van der Waals surface area contributed by atoms with Gasteiger partial charge in [0.15, 0.2) is 0 Å². The maximum atomic E-state index is 12.1. The minimum Gasteiger partial charge on any atom is -0.480 e. The zero-order valence-electron chi connectivity index (χ0n) is 13.3. The quantitative estimate of drug-likeness (QED) is 0.699. The van der Waals surface area contributed by atoms with Crippen LogP contribution in [0.3, 0.4) is 0 Å². The predicted molar refractivity (Wildman–Crippen MR) is 81.4 cm³/mol. The second kappa shape index (κ2) is 8.84. The first-order chi connectivity index (χ1) is 9.93. The molecule has 2 N–H and O–H groups in total. The lowest BCUT2D eigenvalue weighted by molar-refractivity contribution is -0.139. The van der Waals surface area contributed by atoms with Gasteiger partial charge in [-0.15, -0.1) is 0 Å². The third-order valence-corrected chi connectivity index (χ3v) is 3.70. The van der Waals surface area contributed by atoms with Crippen molar-refractivity contribution in [2.45, 2.75) is 25.8 Å². The number of carboxylic acid groups (broad SMARTS) is 1. The number of piperazine rings is 1. The van der Waals surface area contributed by atoms with Crippen LogP contribution in [0, 0.1) is 0 Å². The van der Waals surface area contributed by atoms with E-state index in [4.69, 9.17) is 5.11 Å². The topological polar surface area (TPSA) is 76.1 Å². The molecule has 122 valence electrons. The van der Waals surface area contributed by atoms with Crippen LogP contribution in [0.25, 0.3) is 0 Å². The summed E-state index contributed by atoms with van der Waals surface area (Å²) in [5.74, 6) is -0.963. The van der Waals surface area contributed by atoms with Crippen molar-refractivity contribution >= 4 is 12.0 Å². The molecule has 0 aliphatic carbocycles. The molecule has 0 saturated carbocycles. The van der Waals surface area contributed by atoms with Gasteiger partial charge in [-0.3, -0.25) is 4.90 Å². The maximum Gasteiger partial charge on any atom is 0.326 e. The monoisotopic (exact) mass is 300 g/mol. The number of amides is 2. The summed E-state index contributed by atoms with van der Waals surface area (Å²) in [4.78, 5) is 29.3. The molecule has 21 heavy (non-hydrogen) atoms. The van der Waals surface area contributed by atoms with Crippen LogP contribution < -0.4 is 5.32 Å². The number of carbonyl (C=O) groups is 2. The number of rotatable bonds is 7. The van der Waals surface area contributed by atoms with E-state index in [1.54, 1.807) is 4.90 Å². The fourth-order valence-electron chi connectivity index (χ4n) is 2.30. The Hall–Kier alpha value is -1.34. The Labute approximate surface area is 126 Å². The summed E-state index contributed by atoms with van der Waals surface area (Å²) < 4.78 is 0. The lowest BCUT2D eigenvalue weighted by Crippen LogP contribution is -2.55. The number of aliphatic carboxylic acids is 1. The highest BCUT2D eigenvalue weighted by atomic mass is 16.4. The number of carbonyl (C=O) groups excluding carboxylic acids is 1. The van der Waals surface area contributed by atoms with Crippen LogP contribution in [-0.4, -0.2) is 91.2 Å². The lowest BCUT2D eigenvalue weighted by atomic mass is 10.2. The van der Waals surface area contributed by atoms with E-state index in [0.29, 0.717) is 19.5 Å². The fourth-order valence-corrected chi connectivity index (χ4v) is 2.30. The molecular weight excluding hydrogens is 272 g/mol. The number of nitrogens with one attached hydrogen (secondary N) is 1. The fraction of sp³-hybridized carbons (Fsp3) is 0.857. The zero-order chi connectivity index (χ0) is 15.8. The van der Waals surface area contributed by atoms with Gasteiger partial charge in [0.25, 0.3) is 0 Å². The third kappa shape index (κ3) is 6.31. The highest BCUT2D eigenvalue weighted by Crippen LogP contribution is 2.04. The Bertz CT molecular complexity index is 341. The van der Waals surface area contributed by atoms with Crippen LogP contribution in [-0.2, 0) is 4.79 Å². The number of likely N-dealkylation sites (N-methyl/N-ethyl adjacent to an activating group) is 1. The standard InChI is InChI=1S/C14H28N4O3/c1-4-5-12(13(19)20)15-14(21)18-10-8-17(9-11-18)7-6-16(2)3/h12H,4-11H2,1-3H3,(H,15,21)(H,19,20). The van der Waals surface area contributed by atoms with Crippen LogP contribution >= 0.6 is 0 Å². The molecule has 1 heterocycles. The van der Waals surface area contributed by atoms with Crippen LogP contribution in [0.1, 0.15) is 19.8 Å². The van der Waals surface area contributed by atoms with Gasteiger partial charge in [-0.05, 0) is 20.5 Å². The second-order valence-electron chi connectivity index (χ2n) is 5.76. The van der Waals surface area contributed by atoms with E-state index in [1.165, 1.54) is 0 Å². The molecule has 7 nitrogen and oxygen atoms in total.